The van der Waals surface area contributed by atoms with Crippen LogP contribution in [0.1, 0.15) is 18.9 Å². The highest BCUT2D eigenvalue weighted by atomic mass is 35.5. The molecule has 0 unspecified atom stereocenters. The Hall–Kier alpha value is -1.13. The molecular formula is C12H15ClFNO2. The molecule has 0 fully saturated rings. The second-order valence-electron chi connectivity index (χ2n) is 3.73. The van der Waals surface area contributed by atoms with Crippen molar-refractivity contribution in [2.75, 3.05) is 6.61 Å². The summed E-state index contributed by atoms with van der Waals surface area (Å²) in [5.41, 5.74) is 0.180. The Bertz CT molecular complexity index is 374. The van der Waals surface area contributed by atoms with Crippen molar-refractivity contribution < 1.29 is 14.3 Å². The number of amides is 1. The Morgan fingerprint density at radius 1 is 1.59 bits per heavy atom. The van der Waals surface area contributed by atoms with Crippen LogP contribution >= 0.6 is 11.6 Å². The molecule has 5 heteroatoms. The highest BCUT2D eigenvalue weighted by molar-refractivity contribution is 6.31. The maximum atomic E-state index is 13.4. The Morgan fingerprint density at radius 2 is 2.29 bits per heavy atom. The van der Waals surface area contributed by atoms with E-state index in [2.05, 4.69) is 5.32 Å². The van der Waals surface area contributed by atoms with Gasteiger partial charge in [0.2, 0.25) is 5.91 Å². The minimum absolute atomic E-state index is 0.123. The van der Waals surface area contributed by atoms with Crippen molar-refractivity contribution in [3.05, 3.63) is 34.6 Å². The fraction of sp³-hybridized carbons (Fsp3) is 0.417. The van der Waals surface area contributed by atoms with Gasteiger partial charge in [-0.15, -0.1) is 0 Å². The van der Waals surface area contributed by atoms with E-state index in [0.717, 1.165) is 0 Å². The largest absolute Gasteiger partial charge is 0.394 e. The number of rotatable bonds is 5. The minimum atomic E-state index is -0.496. The molecule has 0 aliphatic heterocycles. The molecule has 94 valence electrons. The average Bonchev–Trinajstić information content (AvgIpc) is 2.31. The average molecular weight is 260 g/mol. The zero-order valence-corrected chi connectivity index (χ0v) is 10.3. The smallest absolute Gasteiger partial charge is 0.224 e. The zero-order valence-electron chi connectivity index (χ0n) is 9.54. The van der Waals surface area contributed by atoms with Crippen molar-refractivity contribution >= 4 is 17.5 Å². The second-order valence-corrected chi connectivity index (χ2v) is 4.14. The Kier molecular flexibility index (Phi) is 5.38. The van der Waals surface area contributed by atoms with Crippen LogP contribution in [0.15, 0.2) is 18.2 Å². The number of aliphatic hydroxyl groups excluding tert-OH is 1. The van der Waals surface area contributed by atoms with E-state index < -0.39 is 5.82 Å². The minimum Gasteiger partial charge on any atom is -0.394 e. The lowest BCUT2D eigenvalue weighted by Gasteiger charge is -2.14. The maximum absolute atomic E-state index is 13.4. The quantitative estimate of drug-likeness (QED) is 0.849. The Balaban J connectivity index is 2.68. The van der Waals surface area contributed by atoms with Crippen molar-refractivity contribution in [2.45, 2.75) is 25.8 Å². The van der Waals surface area contributed by atoms with Gasteiger partial charge in [-0.2, -0.15) is 0 Å². The summed E-state index contributed by atoms with van der Waals surface area (Å²) in [7, 11) is 0. The fourth-order valence-electron chi connectivity index (χ4n) is 1.42. The van der Waals surface area contributed by atoms with Crippen molar-refractivity contribution in [2.24, 2.45) is 0 Å². The first-order valence-electron chi connectivity index (χ1n) is 5.41. The van der Waals surface area contributed by atoms with Crippen LogP contribution in [0.5, 0.6) is 0 Å². The number of benzene rings is 1. The van der Waals surface area contributed by atoms with Crippen LogP contribution in [0.3, 0.4) is 0 Å². The molecule has 0 radical (unpaired) electrons. The summed E-state index contributed by atoms with van der Waals surface area (Å²) in [6.07, 6.45) is 0.495. The first-order chi connectivity index (χ1) is 8.08. The molecule has 0 bridgehead atoms. The summed E-state index contributed by atoms with van der Waals surface area (Å²) in [5.74, 6) is -0.845. The zero-order chi connectivity index (χ0) is 12.8. The van der Waals surface area contributed by atoms with Crippen molar-refractivity contribution in [1.82, 2.24) is 5.32 Å². The molecule has 0 aliphatic rings. The molecule has 3 nitrogen and oxygen atoms in total. The molecule has 0 heterocycles. The lowest BCUT2D eigenvalue weighted by Crippen LogP contribution is -2.38. The topological polar surface area (TPSA) is 49.3 Å². The van der Waals surface area contributed by atoms with Gasteiger partial charge in [0.1, 0.15) is 5.82 Å². The number of hydrogen-bond acceptors (Lipinski definition) is 2. The molecular weight excluding hydrogens is 245 g/mol. The Labute approximate surface area is 105 Å². The third-order valence-corrected chi connectivity index (χ3v) is 2.83. The van der Waals surface area contributed by atoms with E-state index in [-0.39, 0.29) is 35.6 Å². The maximum Gasteiger partial charge on any atom is 0.224 e. The number of carbonyl (C=O) groups excluding carboxylic acids is 1. The van der Waals surface area contributed by atoms with Gasteiger partial charge in [-0.25, -0.2) is 4.39 Å². The van der Waals surface area contributed by atoms with Crippen molar-refractivity contribution in [1.29, 1.82) is 0 Å². The SMILES string of the molecule is CC[C@H](CO)NC(=O)Cc1c(F)cccc1Cl. The molecule has 2 N–H and O–H groups in total. The predicted molar refractivity (Wildman–Crippen MR) is 64.4 cm³/mol. The highest BCUT2D eigenvalue weighted by Gasteiger charge is 2.14. The van der Waals surface area contributed by atoms with Gasteiger partial charge in [0.25, 0.3) is 0 Å². The molecule has 0 aliphatic carbocycles. The number of nitrogens with one attached hydrogen (secondary N) is 1. The van der Waals surface area contributed by atoms with E-state index in [0.29, 0.717) is 6.42 Å². The van der Waals surface area contributed by atoms with Gasteiger partial charge in [-0.1, -0.05) is 24.6 Å². The molecule has 17 heavy (non-hydrogen) atoms. The van der Waals surface area contributed by atoms with Crippen LogP contribution in [0.25, 0.3) is 0 Å². The van der Waals surface area contributed by atoms with Gasteiger partial charge in [0, 0.05) is 10.6 Å². The third kappa shape index (κ3) is 3.98. The van der Waals surface area contributed by atoms with Crippen molar-refractivity contribution in [3.8, 4) is 0 Å². The molecule has 0 saturated carbocycles. The molecule has 0 spiro atoms. The highest BCUT2D eigenvalue weighted by Crippen LogP contribution is 2.19. The number of carbonyl (C=O) groups is 1. The summed E-state index contributed by atoms with van der Waals surface area (Å²) in [4.78, 5) is 11.6. The number of aliphatic hydroxyl groups is 1. The molecule has 1 atom stereocenters. The van der Waals surface area contributed by atoms with Gasteiger partial charge in [-0.05, 0) is 18.6 Å². The Morgan fingerprint density at radius 3 is 2.82 bits per heavy atom. The second kappa shape index (κ2) is 6.57. The van der Waals surface area contributed by atoms with E-state index in [1.165, 1.54) is 18.2 Å². The van der Waals surface area contributed by atoms with Gasteiger partial charge in [0.15, 0.2) is 0 Å². The summed E-state index contributed by atoms with van der Waals surface area (Å²) in [6.45, 7) is 1.71. The molecule has 1 amide bonds. The van der Waals surface area contributed by atoms with Gasteiger partial charge in [0.05, 0.1) is 19.1 Å². The third-order valence-electron chi connectivity index (χ3n) is 2.48. The van der Waals surface area contributed by atoms with Gasteiger partial charge in [-0.3, -0.25) is 4.79 Å². The van der Waals surface area contributed by atoms with E-state index >= 15 is 0 Å². The first-order valence-corrected chi connectivity index (χ1v) is 5.79. The van der Waals surface area contributed by atoms with Crippen LogP contribution in [0, 0.1) is 5.82 Å². The normalized spacial score (nSPS) is 12.2. The lowest BCUT2D eigenvalue weighted by molar-refractivity contribution is -0.121. The molecule has 0 aromatic heterocycles. The lowest BCUT2D eigenvalue weighted by atomic mass is 10.1. The van der Waals surface area contributed by atoms with Crippen LogP contribution in [-0.2, 0) is 11.2 Å². The van der Waals surface area contributed by atoms with Crippen LogP contribution in [0.4, 0.5) is 4.39 Å². The first kappa shape index (κ1) is 13.9. The monoisotopic (exact) mass is 259 g/mol. The van der Waals surface area contributed by atoms with Gasteiger partial charge < -0.3 is 10.4 Å². The fourth-order valence-corrected chi connectivity index (χ4v) is 1.65. The van der Waals surface area contributed by atoms with Crippen LogP contribution in [0.2, 0.25) is 5.02 Å². The summed E-state index contributed by atoms with van der Waals surface area (Å²) >= 11 is 5.81. The van der Waals surface area contributed by atoms with Crippen molar-refractivity contribution in [3.63, 3.8) is 0 Å². The molecule has 1 rings (SSSR count). The van der Waals surface area contributed by atoms with Gasteiger partial charge >= 0.3 is 0 Å². The number of hydrogen-bond donors (Lipinski definition) is 2. The number of halogens is 2. The van der Waals surface area contributed by atoms with Crippen LogP contribution in [-0.4, -0.2) is 23.7 Å². The standard InChI is InChI=1S/C12H15ClFNO2/c1-2-8(7-16)15-12(17)6-9-10(13)4-3-5-11(9)14/h3-5,8,16H,2,6-7H2,1H3,(H,15,17)/t8-/m1/s1. The van der Waals surface area contributed by atoms with E-state index in [4.69, 9.17) is 16.7 Å². The molecule has 1 aromatic rings. The molecule has 1 aromatic carbocycles. The van der Waals surface area contributed by atoms with E-state index in [1.54, 1.807) is 0 Å². The van der Waals surface area contributed by atoms with Crippen LogP contribution < -0.4 is 5.32 Å². The molecule has 0 saturated heterocycles. The summed E-state index contributed by atoms with van der Waals surface area (Å²) < 4.78 is 13.4. The van der Waals surface area contributed by atoms with E-state index in [1.807, 2.05) is 6.92 Å². The summed E-state index contributed by atoms with van der Waals surface area (Å²) in [5, 5.41) is 11.8. The predicted octanol–water partition coefficient (Wildman–Crippen LogP) is 1.91. The van der Waals surface area contributed by atoms with E-state index in [9.17, 15) is 9.18 Å². The summed E-state index contributed by atoms with van der Waals surface area (Å²) in [6, 6.07) is 3.99.